The van der Waals surface area contributed by atoms with Gasteiger partial charge in [0.25, 0.3) is 0 Å². The zero-order valence-corrected chi connectivity index (χ0v) is 12.2. The molecule has 3 aliphatic rings. The third-order valence-electron chi connectivity index (χ3n) is 4.64. The summed E-state index contributed by atoms with van der Waals surface area (Å²) in [5.74, 6) is 0.602. The molecule has 1 saturated heterocycles. The van der Waals surface area contributed by atoms with E-state index in [-0.39, 0.29) is 30.4 Å². The van der Waals surface area contributed by atoms with Crippen molar-refractivity contribution in [3.63, 3.8) is 0 Å². The van der Waals surface area contributed by atoms with Crippen molar-refractivity contribution in [3.05, 3.63) is 0 Å². The van der Waals surface area contributed by atoms with E-state index in [1.54, 1.807) is 0 Å². The van der Waals surface area contributed by atoms with Gasteiger partial charge in [-0.2, -0.15) is 11.8 Å². The van der Waals surface area contributed by atoms with Crippen LogP contribution in [0.15, 0.2) is 0 Å². The minimum absolute atomic E-state index is 0.0296. The van der Waals surface area contributed by atoms with Crippen molar-refractivity contribution in [1.82, 2.24) is 10.2 Å². The van der Waals surface area contributed by atoms with Crippen LogP contribution in [0.25, 0.3) is 0 Å². The molecule has 3 fully saturated rings. The fourth-order valence-corrected chi connectivity index (χ4v) is 4.43. The Kier molecular flexibility index (Phi) is 3.74. The van der Waals surface area contributed by atoms with Crippen LogP contribution in [0.1, 0.15) is 38.5 Å². The average Bonchev–Trinajstić information content (AvgIpc) is 3.25. The Labute approximate surface area is 118 Å². The van der Waals surface area contributed by atoms with Crippen LogP contribution in [0.3, 0.4) is 0 Å². The number of nitrogens with zero attached hydrogens (tertiary/aromatic N) is 1. The Bertz CT molecular complexity index is 384. The molecule has 19 heavy (non-hydrogen) atoms. The number of amides is 2. The quantitative estimate of drug-likeness (QED) is 0.851. The highest BCUT2D eigenvalue weighted by molar-refractivity contribution is 7.99. The lowest BCUT2D eigenvalue weighted by Gasteiger charge is -2.43. The average molecular weight is 282 g/mol. The third-order valence-corrected chi connectivity index (χ3v) is 5.80. The molecule has 0 aromatic carbocycles. The first-order chi connectivity index (χ1) is 9.20. The van der Waals surface area contributed by atoms with Crippen LogP contribution in [0.4, 0.5) is 0 Å². The summed E-state index contributed by atoms with van der Waals surface area (Å²) in [6, 6.07) is 0.0363. The highest BCUT2D eigenvalue weighted by atomic mass is 32.2. The van der Waals surface area contributed by atoms with Gasteiger partial charge in [0, 0.05) is 11.3 Å². The van der Waals surface area contributed by atoms with Gasteiger partial charge in [0.1, 0.15) is 6.04 Å². The van der Waals surface area contributed by atoms with Crippen molar-refractivity contribution < 1.29 is 9.59 Å². The molecule has 0 aromatic heterocycles. The molecule has 4 nitrogen and oxygen atoms in total. The fourth-order valence-electron chi connectivity index (χ4n) is 3.43. The summed E-state index contributed by atoms with van der Waals surface area (Å²) >= 11 is 1.85. The van der Waals surface area contributed by atoms with E-state index in [4.69, 9.17) is 0 Å². The van der Waals surface area contributed by atoms with E-state index >= 15 is 0 Å². The number of nitrogens with one attached hydrogen (secondary N) is 1. The van der Waals surface area contributed by atoms with Crippen molar-refractivity contribution in [2.24, 2.45) is 5.92 Å². The summed E-state index contributed by atoms with van der Waals surface area (Å²) in [6.07, 6.45) is 8.95. The lowest BCUT2D eigenvalue weighted by atomic mass is 9.92. The molecule has 3 atom stereocenters. The first-order valence-corrected chi connectivity index (χ1v) is 8.62. The van der Waals surface area contributed by atoms with Crippen LogP contribution in [-0.2, 0) is 9.59 Å². The maximum absolute atomic E-state index is 12.6. The van der Waals surface area contributed by atoms with Crippen LogP contribution in [-0.4, -0.2) is 46.8 Å². The maximum atomic E-state index is 12.6. The molecule has 5 heteroatoms. The van der Waals surface area contributed by atoms with E-state index < -0.39 is 0 Å². The van der Waals surface area contributed by atoms with E-state index in [0.717, 1.165) is 19.3 Å². The minimum Gasteiger partial charge on any atom is -0.342 e. The second-order valence-electron chi connectivity index (χ2n) is 5.97. The van der Waals surface area contributed by atoms with E-state index in [9.17, 15) is 9.59 Å². The predicted octanol–water partition coefficient (Wildman–Crippen LogP) is 1.40. The monoisotopic (exact) mass is 282 g/mol. The van der Waals surface area contributed by atoms with Gasteiger partial charge < -0.3 is 10.2 Å². The number of hydrogen-bond acceptors (Lipinski definition) is 3. The molecule has 0 bridgehead atoms. The first-order valence-electron chi connectivity index (χ1n) is 7.33. The topological polar surface area (TPSA) is 49.4 Å². The normalized spacial score (nSPS) is 36.3. The highest BCUT2D eigenvalue weighted by Crippen LogP contribution is 2.37. The van der Waals surface area contributed by atoms with Crippen molar-refractivity contribution in [1.29, 1.82) is 0 Å². The van der Waals surface area contributed by atoms with E-state index in [1.165, 1.54) is 19.3 Å². The number of carbonyl (C=O) groups is 2. The van der Waals surface area contributed by atoms with Crippen LogP contribution in [0, 0.1) is 5.92 Å². The standard InChI is InChI=1S/C14H22N2O2S/c1-19-11-5-3-2-4-10(11)16-8-12(17)15-13(14(16)18)9-6-7-9/h9-11,13H,2-8H2,1H3,(H,15,17). The smallest absolute Gasteiger partial charge is 0.246 e. The Hall–Kier alpha value is -0.710. The van der Waals surface area contributed by atoms with Gasteiger partial charge >= 0.3 is 0 Å². The molecule has 2 amide bonds. The molecule has 3 rings (SSSR count). The highest BCUT2D eigenvalue weighted by Gasteiger charge is 2.45. The number of rotatable bonds is 3. The summed E-state index contributed by atoms with van der Waals surface area (Å²) in [4.78, 5) is 26.4. The Morgan fingerprint density at radius 3 is 2.58 bits per heavy atom. The Morgan fingerprint density at radius 1 is 1.16 bits per heavy atom. The molecule has 3 unspecified atom stereocenters. The van der Waals surface area contributed by atoms with Gasteiger partial charge in [0.05, 0.1) is 6.54 Å². The number of thioether (sulfide) groups is 1. The molecule has 2 saturated carbocycles. The molecule has 0 spiro atoms. The molecule has 106 valence electrons. The summed E-state index contributed by atoms with van der Waals surface area (Å²) in [6.45, 7) is 0.268. The van der Waals surface area contributed by atoms with Crippen LogP contribution < -0.4 is 5.32 Å². The molecule has 2 aliphatic carbocycles. The van der Waals surface area contributed by atoms with Gasteiger partial charge in [-0.15, -0.1) is 0 Å². The third kappa shape index (κ3) is 2.62. The molecule has 0 aromatic rings. The number of hydrogen-bond donors (Lipinski definition) is 1. The van der Waals surface area contributed by atoms with Gasteiger partial charge in [0.2, 0.25) is 11.8 Å². The number of carbonyl (C=O) groups excluding carboxylic acids is 2. The lowest BCUT2D eigenvalue weighted by molar-refractivity contribution is -0.147. The largest absolute Gasteiger partial charge is 0.342 e. The summed E-state index contributed by atoms with van der Waals surface area (Å²) in [7, 11) is 0. The summed E-state index contributed by atoms with van der Waals surface area (Å²) in [5.41, 5.74) is 0. The Morgan fingerprint density at radius 2 is 1.89 bits per heavy atom. The van der Waals surface area contributed by atoms with Crippen molar-refractivity contribution in [2.75, 3.05) is 12.8 Å². The second-order valence-corrected chi connectivity index (χ2v) is 7.05. The van der Waals surface area contributed by atoms with Gasteiger partial charge in [-0.1, -0.05) is 12.8 Å². The van der Waals surface area contributed by atoms with Crippen molar-refractivity contribution >= 4 is 23.6 Å². The van der Waals surface area contributed by atoms with Crippen LogP contribution >= 0.6 is 11.8 Å². The van der Waals surface area contributed by atoms with Crippen LogP contribution in [0.5, 0.6) is 0 Å². The zero-order valence-electron chi connectivity index (χ0n) is 11.4. The SMILES string of the molecule is CSC1CCCCC1N1CC(=O)NC(C2CC2)C1=O. The predicted molar refractivity (Wildman–Crippen MR) is 75.9 cm³/mol. The second kappa shape index (κ2) is 5.35. The van der Waals surface area contributed by atoms with Crippen molar-refractivity contribution in [3.8, 4) is 0 Å². The summed E-state index contributed by atoms with van der Waals surface area (Å²) in [5, 5.41) is 3.40. The lowest BCUT2D eigenvalue weighted by Crippen LogP contribution is -2.63. The molecular weight excluding hydrogens is 260 g/mol. The molecule has 1 aliphatic heterocycles. The van der Waals surface area contributed by atoms with Gasteiger partial charge in [-0.3, -0.25) is 9.59 Å². The minimum atomic E-state index is -0.231. The zero-order chi connectivity index (χ0) is 13.4. The van der Waals surface area contributed by atoms with Gasteiger partial charge in [-0.05, 0) is 37.9 Å². The summed E-state index contributed by atoms with van der Waals surface area (Å²) < 4.78 is 0. The molecule has 1 N–H and O–H groups in total. The first kappa shape index (κ1) is 13.3. The fraction of sp³-hybridized carbons (Fsp3) is 0.857. The van der Waals surface area contributed by atoms with E-state index in [2.05, 4.69) is 11.6 Å². The molecular formula is C14H22N2O2S. The Balaban J connectivity index is 1.77. The maximum Gasteiger partial charge on any atom is 0.246 e. The van der Waals surface area contributed by atoms with Crippen LogP contribution in [0.2, 0.25) is 0 Å². The van der Waals surface area contributed by atoms with E-state index in [1.807, 2.05) is 16.7 Å². The number of piperazine rings is 1. The molecule has 1 heterocycles. The molecule has 0 radical (unpaired) electrons. The van der Waals surface area contributed by atoms with Crippen molar-refractivity contribution in [2.45, 2.75) is 55.9 Å². The van der Waals surface area contributed by atoms with Gasteiger partial charge in [0.15, 0.2) is 0 Å². The van der Waals surface area contributed by atoms with Gasteiger partial charge in [-0.25, -0.2) is 0 Å². The van der Waals surface area contributed by atoms with E-state index in [0.29, 0.717) is 11.2 Å².